The molecule has 0 aliphatic rings. The van der Waals surface area contributed by atoms with E-state index < -0.39 is 5.91 Å². The van der Waals surface area contributed by atoms with Crippen LogP contribution in [0, 0.1) is 0 Å². The maximum atomic E-state index is 12.1. The molecule has 1 aromatic heterocycles. The number of anilines is 1. The van der Waals surface area contributed by atoms with Crippen LogP contribution in [0.5, 0.6) is 0 Å². The molecule has 8 heteroatoms. The number of rotatable bonds is 3. The molecule has 0 bridgehead atoms. The van der Waals surface area contributed by atoms with Crippen molar-refractivity contribution >= 4 is 45.0 Å². The van der Waals surface area contributed by atoms with E-state index in [-0.39, 0.29) is 16.6 Å². The fourth-order valence-electron chi connectivity index (χ4n) is 1.54. The van der Waals surface area contributed by atoms with Crippen LogP contribution in [0.15, 0.2) is 44.6 Å². The summed E-state index contributed by atoms with van der Waals surface area (Å²) in [4.78, 5) is 12.1. The Morgan fingerprint density at radius 2 is 2.15 bits per heavy atom. The Bertz CT molecular complexity index is 684. The Morgan fingerprint density at radius 3 is 2.75 bits per heavy atom. The second kappa shape index (κ2) is 5.98. The smallest absolute Gasteiger partial charge is 0.260 e. The molecule has 1 heterocycles. The molecule has 0 atom stereocenters. The van der Waals surface area contributed by atoms with Gasteiger partial charge < -0.3 is 20.7 Å². The zero-order valence-corrected chi connectivity index (χ0v) is 12.3. The van der Waals surface area contributed by atoms with Crippen molar-refractivity contribution in [1.29, 1.82) is 0 Å². The summed E-state index contributed by atoms with van der Waals surface area (Å²) in [6.45, 7) is 0. The highest BCUT2D eigenvalue weighted by Gasteiger charge is 2.16. The third-order valence-corrected chi connectivity index (χ3v) is 3.26. The number of benzene rings is 1. The molecular formula is C12H9BrClN3O3. The molecule has 2 aromatic rings. The SMILES string of the molecule is N/C(=N/O)c1ccc(Br)cc1NC(=O)c1ccoc1Cl. The van der Waals surface area contributed by atoms with Gasteiger partial charge in [0.05, 0.1) is 17.5 Å². The number of furan rings is 1. The summed E-state index contributed by atoms with van der Waals surface area (Å²) in [7, 11) is 0. The van der Waals surface area contributed by atoms with Gasteiger partial charge in [-0.3, -0.25) is 4.79 Å². The summed E-state index contributed by atoms with van der Waals surface area (Å²) in [5, 5.41) is 14.3. The number of amides is 1. The number of halogens is 2. The first kappa shape index (κ1) is 14.4. The highest BCUT2D eigenvalue weighted by Crippen LogP contribution is 2.24. The van der Waals surface area contributed by atoms with E-state index in [0.717, 1.165) is 4.47 Å². The third-order valence-electron chi connectivity index (χ3n) is 2.48. The van der Waals surface area contributed by atoms with Crippen LogP contribution < -0.4 is 11.1 Å². The van der Waals surface area contributed by atoms with Crippen LogP contribution in [0.25, 0.3) is 0 Å². The van der Waals surface area contributed by atoms with Gasteiger partial charge >= 0.3 is 0 Å². The molecule has 4 N–H and O–H groups in total. The number of oxime groups is 1. The van der Waals surface area contributed by atoms with Crippen molar-refractivity contribution in [3.63, 3.8) is 0 Å². The van der Waals surface area contributed by atoms with Crippen molar-refractivity contribution in [3.05, 3.63) is 51.3 Å². The number of nitrogens with one attached hydrogen (secondary N) is 1. The lowest BCUT2D eigenvalue weighted by atomic mass is 10.1. The van der Waals surface area contributed by atoms with Crippen LogP contribution in [0.3, 0.4) is 0 Å². The first-order valence-corrected chi connectivity index (χ1v) is 6.52. The molecule has 0 saturated carbocycles. The molecule has 2 rings (SSSR count). The highest BCUT2D eigenvalue weighted by molar-refractivity contribution is 9.10. The second-order valence-corrected chi connectivity index (χ2v) is 5.00. The van der Waals surface area contributed by atoms with Crippen molar-refractivity contribution in [2.24, 2.45) is 10.9 Å². The largest absolute Gasteiger partial charge is 0.452 e. The Morgan fingerprint density at radius 1 is 1.40 bits per heavy atom. The zero-order valence-electron chi connectivity index (χ0n) is 9.93. The van der Waals surface area contributed by atoms with Crippen LogP contribution in [0.4, 0.5) is 5.69 Å². The number of amidine groups is 1. The zero-order chi connectivity index (χ0) is 14.7. The van der Waals surface area contributed by atoms with Crippen molar-refractivity contribution in [2.45, 2.75) is 0 Å². The van der Waals surface area contributed by atoms with Gasteiger partial charge in [0, 0.05) is 10.0 Å². The molecule has 0 aliphatic heterocycles. The first-order chi connectivity index (χ1) is 9.52. The van der Waals surface area contributed by atoms with E-state index in [1.165, 1.54) is 12.3 Å². The van der Waals surface area contributed by atoms with E-state index in [1.807, 2.05) is 0 Å². The summed E-state index contributed by atoms with van der Waals surface area (Å²) >= 11 is 9.02. The monoisotopic (exact) mass is 357 g/mol. The number of nitrogens with zero attached hydrogens (tertiary/aromatic N) is 1. The van der Waals surface area contributed by atoms with Gasteiger partial charge in [0.1, 0.15) is 0 Å². The lowest BCUT2D eigenvalue weighted by molar-refractivity contribution is 0.102. The maximum absolute atomic E-state index is 12.1. The first-order valence-electron chi connectivity index (χ1n) is 5.34. The third kappa shape index (κ3) is 2.94. The van der Waals surface area contributed by atoms with Gasteiger partial charge in [-0.05, 0) is 35.9 Å². The predicted octanol–water partition coefficient (Wildman–Crippen LogP) is 3.04. The molecule has 0 radical (unpaired) electrons. The molecule has 0 aliphatic carbocycles. The summed E-state index contributed by atoms with van der Waals surface area (Å²) in [5.41, 5.74) is 6.50. The fraction of sp³-hybridized carbons (Fsp3) is 0. The van der Waals surface area contributed by atoms with Crippen molar-refractivity contribution in [3.8, 4) is 0 Å². The van der Waals surface area contributed by atoms with Gasteiger partial charge in [-0.25, -0.2) is 0 Å². The molecular weight excluding hydrogens is 350 g/mol. The quantitative estimate of drug-likeness (QED) is 0.340. The van der Waals surface area contributed by atoms with E-state index >= 15 is 0 Å². The van der Waals surface area contributed by atoms with Gasteiger partial charge in [0.2, 0.25) is 5.22 Å². The van der Waals surface area contributed by atoms with Gasteiger partial charge in [-0.2, -0.15) is 0 Å². The second-order valence-electron chi connectivity index (χ2n) is 3.74. The predicted molar refractivity (Wildman–Crippen MR) is 78.3 cm³/mol. The van der Waals surface area contributed by atoms with Gasteiger partial charge in [-0.15, -0.1) is 0 Å². The van der Waals surface area contributed by atoms with E-state index in [2.05, 4.69) is 26.4 Å². The van der Waals surface area contributed by atoms with E-state index in [1.54, 1.807) is 18.2 Å². The Balaban J connectivity index is 2.36. The van der Waals surface area contributed by atoms with Gasteiger partial charge in [0.25, 0.3) is 5.91 Å². The van der Waals surface area contributed by atoms with E-state index in [4.69, 9.17) is 27.0 Å². The summed E-state index contributed by atoms with van der Waals surface area (Å²) in [5.74, 6) is -0.583. The van der Waals surface area contributed by atoms with Crippen LogP contribution in [0.2, 0.25) is 5.22 Å². The normalized spacial score (nSPS) is 11.4. The Kier molecular flexibility index (Phi) is 4.31. The standard InChI is InChI=1S/C12H9BrClN3O3/c13-6-1-2-7(11(15)17-19)9(5-6)16-12(18)8-3-4-20-10(8)14/h1-5,19H,(H2,15,17)(H,16,18). The lowest BCUT2D eigenvalue weighted by Crippen LogP contribution is -2.19. The molecule has 0 unspecified atom stereocenters. The fourth-order valence-corrected chi connectivity index (χ4v) is 2.10. The maximum Gasteiger partial charge on any atom is 0.260 e. The van der Waals surface area contributed by atoms with Crippen molar-refractivity contribution in [1.82, 2.24) is 0 Å². The molecule has 1 amide bonds. The summed E-state index contributed by atoms with van der Waals surface area (Å²) in [6.07, 6.45) is 1.31. The average molecular weight is 359 g/mol. The molecule has 0 saturated heterocycles. The average Bonchev–Trinajstić information content (AvgIpc) is 2.84. The number of carbonyl (C=O) groups excluding carboxylic acids is 1. The minimum Gasteiger partial charge on any atom is -0.452 e. The molecule has 104 valence electrons. The van der Waals surface area contributed by atoms with E-state index in [9.17, 15) is 4.79 Å². The number of hydrogen-bond donors (Lipinski definition) is 3. The Labute approximate surface area is 127 Å². The minimum atomic E-state index is -0.464. The van der Waals surface area contributed by atoms with Crippen LogP contribution in [0.1, 0.15) is 15.9 Å². The van der Waals surface area contributed by atoms with Crippen molar-refractivity contribution in [2.75, 3.05) is 5.32 Å². The van der Waals surface area contributed by atoms with Crippen LogP contribution in [-0.2, 0) is 0 Å². The van der Waals surface area contributed by atoms with Crippen LogP contribution in [-0.4, -0.2) is 17.0 Å². The van der Waals surface area contributed by atoms with Gasteiger partial charge in [0.15, 0.2) is 5.84 Å². The summed E-state index contributed by atoms with van der Waals surface area (Å²) < 4.78 is 5.58. The molecule has 6 nitrogen and oxygen atoms in total. The topological polar surface area (TPSA) is 101 Å². The minimum absolute atomic E-state index is 0.0113. The Hall–Kier alpha value is -1.99. The summed E-state index contributed by atoms with van der Waals surface area (Å²) in [6, 6.07) is 6.37. The number of hydrogen-bond acceptors (Lipinski definition) is 4. The number of nitrogens with two attached hydrogens (primary N) is 1. The van der Waals surface area contributed by atoms with Crippen molar-refractivity contribution < 1.29 is 14.4 Å². The molecule has 0 fully saturated rings. The van der Waals surface area contributed by atoms with Gasteiger partial charge in [-0.1, -0.05) is 21.1 Å². The van der Waals surface area contributed by atoms with Crippen LogP contribution >= 0.6 is 27.5 Å². The van der Waals surface area contributed by atoms with E-state index in [0.29, 0.717) is 11.3 Å². The molecule has 1 aromatic carbocycles. The number of carbonyl (C=O) groups is 1. The lowest BCUT2D eigenvalue weighted by Gasteiger charge is -2.10. The molecule has 20 heavy (non-hydrogen) atoms. The molecule has 0 spiro atoms. The highest BCUT2D eigenvalue weighted by atomic mass is 79.9.